The zero-order valence-corrected chi connectivity index (χ0v) is 8.69. The maximum atomic E-state index is 12.6. The second-order valence-corrected chi connectivity index (χ2v) is 2.57. The summed E-state index contributed by atoms with van der Waals surface area (Å²) in [7, 11) is 0. The number of halogens is 5. The Kier molecular flexibility index (Phi) is 4.80. The Morgan fingerprint density at radius 3 is 2.13 bits per heavy atom. The molecule has 1 heterocycles. The molecule has 0 aliphatic rings. The summed E-state index contributed by atoms with van der Waals surface area (Å²) in [5, 5.41) is 7.89. The highest BCUT2D eigenvalue weighted by Gasteiger charge is 2.36. The Balaban J connectivity index is 0.000000921. The molecule has 0 unspecified atom stereocenters. The van der Waals surface area contributed by atoms with Crippen molar-refractivity contribution in [1.82, 2.24) is 0 Å². The smallest absolute Gasteiger partial charge is 0.283 e. The molecule has 0 fully saturated rings. The molecule has 0 amide bonds. The molecule has 86 valence electrons. The highest BCUT2D eigenvalue weighted by atomic mass is 35.5. The third kappa shape index (κ3) is 3.54. The van der Waals surface area contributed by atoms with E-state index in [9.17, 15) is 17.6 Å². The van der Waals surface area contributed by atoms with E-state index in [2.05, 4.69) is 0 Å². The molecule has 1 aromatic heterocycles. The fourth-order valence-corrected chi connectivity index (χ4v) is 0.790. The van der Waals surface area contributed by atoms with Gasteiger partial charge in [0.2, 0.25) is 12.0 Å². The van der Waals surface area contributed by atoms with Gasteiger partial charge in [-0.25, -0.2) is 0 Å². The molecule has 0 spiro atoms. The standard InChI is InChI=1S/C6H3ClF4NO.C2H6/c7-5-4(8)1-3(2-12(5)13)6(9,10)11;1-2/h1-2,13H;1-2H3/q+1;. The van der Waals surface area contributed by atoms with E-state index in [0.29, 0.717) is 0 Å². The van der Waals surface area contributed by atoms with Crippen LogP contribution in [0.2, 0.25) is 5.15 Å². The van der Waals surface area contributed by atoms with Crippen LogP contribution in [-0.4, -0.2) is 5.21 Å². The van der Waals surface area contributed by atoms with E-state index in [1.807, 2.05) is 13.8 Å². The van der Waals surface area contributed by atoms with Gasteiger partial charge in [-0.3, -0.25) is 5.21 Å². The quantitative estimate of drug-likeness (QED) is 0.324. The van der Waals surface area contributed by atoms with E-state index < -0.39 is 22.7 Å². The van der Waals surface area contributed by atoms with Crippen molar-refractivity contribution in [2.45, 2.75) is 20.0 Å². The van der Waals surface area contributed by atoms with Gasteiger partial charge in [-0.1, -0.05) is 13.8 Å². The van der Waals surface area contributed by atoms with Crippen LogP contribution < -0.4 is 4.73 Å². The van der Waals surface area contributed by atoms with Crippen LogP contribution >= 0.6 is 11.6 Å². The summed E-state index contributed by atoms with van der Waals surface area (Å²) in [5.74, 6) is -1.33. The van der Waals surface area contributed by atoms with E-state index in [4.69, 9.17) is 16.8 Å². The first-order valence-corrected chi connectivity index (χ1v) is 4.37. The summed E-state index contributed by atoms with van der Waals surface area (Å²) in [6, 6.07) is 0.203. The van der Waals surface area contributed by atoms with Crippen molar-refractivity contribution in [3.8, 4) is 0 Å². The lowest BCUT2D eigenvalue weighted by Gasteiger charge is -2.03. The first kappa shape index (κ1) is 14.0. The highest BCUT2D eigenvalue weighted by Crippen LogP contribution is 2.29. The van der Waals surface area contributed by atoms with Crippen molar-refractivity contribution >= 4 is 11.6 Å². The SMILES string of the molecule is CC.O[n+]1cc(C(F)(F)F)cc(F)c1Cl. The molecule has 15 heavy (non-hydrogen) atoms. The second-order valence-electron chi connectivity index (χ2n) is 2.21. The van der Waals surface area contributed by atoms with Gasteiger partial charge in [0.05, 0.1) is 0 Å². The van der Waals surface area contributed by atoms with Crippen molar-refractivity contribution in [2.24, 2.45) is 0 Å². The molecule has 1 aromatic rings. The predicted octanol–water partition coefficient (Wildman–Crippen LogP) is 3.05. The van der Waals surface area contributed by atoms with Gasteiger partial charge in [0.25, 0.3) is 0 Å². The molecule has 0 aliphatic heterocycles. The molecule has 0 aromatic carbocycles. The van der Waals surface area contributed by atoms with Crippen LogP contribution in [-0.2, 0) is 6.18 Å². The van der Waals surface area contributed by atoms with Crippen LogP contribution in [0.3, 0.4) is 0 Å². The van der Waals surface area contributed by atoms with E-state index >= 15 is 0 Å². The third-order valence-corrected chi connectivity index (χ3v) is 1.62. The summed E-state index contributed by atoms with van der Waals surface area (Å²) in [6.07, 6.45) is -4.43. The number of hydrogen-bond donors (Lipinski definition) is 1. The molecule has 0 aliphatic carbocycles. The van der Waals surface area contributed by atoms with Gasteiger partial charge in [-0.05, 0) is 11.6 Å². The number of nitrogens with zero attached hydrogens (tertiary/aromatic N) is 1. The minimum absolute atomic E-state index is 0.125. The number of aromatic nitrogens is 1. The average molecular weight is 247 g/mol. The molecule has 7 heteroatoms. The predicted molar refractivity (Wildman–Crippen MR) is 45.1 cm³/mol. The summed E-state index contributed by atoms with van der Waals surface area (Å²) in [4.78, 5) is 0. The molecule has 0 bridgehead atoms. The topological polar surface area (TPSA) is 24.1 Å². The van der Waals surface area contributed by atoms with Crippen LogP contribution in [0.5, 0.6) is 0 Å². The highest BCUT2D eigenvalue weighted by molar-refractivity contribution is 6.28. The van der Waals surface area contributed by atoms with Crippen molar-refractivity contribution in [1.29, 1.82) is 0 Å². The summed E-state index contributed by atoms with van der Waals surface area (Å²) in [5.41, 5.74) is -1.31. The molecule has 0 radical (unpaired) electrons. The van der Waals surface area contributed by atoms with E-state index in [1.54, 1.807) is 0 Å². The Morgan fingerprint density at radius 1 is 1.33 bits per heavy atom. The van der Waals surface area contributed by atoms with E-state index in [1.165, 1.54) is 0 Å². The lowest BCUT2D eigenvalue weighted by atomic mass is 10.3. The molecule has 1 rings (SSSR count). The molecule has 0 saturated heterocycles. The van der Waals surface area contributed by atoms with Gasteiger partial charge in [0.15, 0.2) is 0 Å². The average Bonchev–Trinajstić information content (AvgIpc) is 2.15. The molecule has 0 saturated carbocycles. The fourth-order valence-electron chi connectivity index (χ4n) is 0.686. The number of rotatable bonds is 0. The van der Waals surface area contributed by atoms with E-state index in [0.717, 1.165) is 0 Å². The maximum absolute atomic E-state index is 12.6. The van der Waals surface area contributed by atoms with E-state index in [-0.39, 0.29) is 17.0 Å². The molecular weight excluding hydrogens is 238 g/mol. The summed E-state index contributed by atoms with van der Waals surface area (Å²) >= 11 is 5.07. The maximum Gasteiger partial charge on any atom is 0.422 e. The van der Waals surface area contributed by atoms with Crippen LogP contribution in [0.25, 0.3) is 0 Å². The van der Waals surface area contributed by atoms with Crippen molar-refractivity contribution < 1.29 is 27.5 Å². The summed E-state index contributed by atoms with van der Waals surface area (Å²) < 4.78 is 48.3. The Morgan fingerprint density at radius 2 is 1.80 bits per heavy atom. The zero-order chi connectivity index (χ0) is 12.2. The minimum atomic E-state index is -4.71. The van der Waals surface area contributed by atoms with Crippen LogP contribution in [0.4, 0.5) is 17.6 Å². The monoisotopic (exact) mass is 246 g/mol. The second kappa shape index (κ2) is 5.16. The minimum Gasteiger partial charge on any atom is -0.283 e. The lowest BCUT2D eigenvalue weighted by Crippen LogP contribution is -2.34. The summed E-state index contributed by atoms with van der Waals surface area (Å²) in [6.45, 7) is 4.00. The van der Waals surface area contributed by atoms with Crippen LogP contribution in [0.15, 0.2) is 12.3 Å². The van der Waals surface area contributed by atoms with Crippen molar-refractivity contribution in [3.05, 3.63) is 28.8 Å². The first-order valence-electron chi connectivity index (χ1n) is 3.99. The lowest BCUT2D eigenvalue weighted by molar-refractivity contribution is -0.904. The van der Waals surface area contributed by atoms with Crippen LogP contribution in [0.1, 0.15) is 19.4 Å². The zero-order valence-electron chi connectivity index (χ0n) is 7.94. The molecular formula is C8H9ClF4NO+. The van der Waals surface area contributed by atoms with Gasteiger partial charge < -0.3 is 0 Å². The van der Waals surface area contributed by atoms with Gasteiger partial charge in [0, 0.05) is 10.8 Å². The van der Waals surface area contributed by atoms with Gasteiger partial charge in [0.1, 0.15) is 5.56 Å². The van der Waals surface area contributed by atoms with Gasteiger partial charge in [-0.15, -0.1) is 0 Å². The van der Waals surface area contributed by atoms with Crippen molar-refractivity contribution in [2.75, 3.05) is 0 Å². The Labute approximate surface area is 88.7 Å². The third-order valence-electron chi connectivity index (χ3n) is 1.27. The fraction of sp³-hybridized carbons (Fsp3) is 0.375. The van der Waals surface area contributed by atoms with Crippen molar-refractivity contribution in [3.63, 3.8) is 0 Å². The Bertz CT molecular complexity index is 317. The Hall–Kier alpha value is -1.04. The van der Waals surface area contributed by atoms with Crippen LogP contribution in [0, 0.1) is 5.82 Å². The van der Waals surface area contributed by atoms with Gasteiger partial charge in [-0.2, -0.15) is 17.6 Å². The first-order chi connectivity index (χ1) is 6.82. The number of pyridine rings is 1. The molecule has 1 N–H and O–H groups in total. The number of hydrogen-bond acceptors (Lipinski definition) is 1. The largest absolute Gasteiger partial charge is 0.422 e. The molecule has 0 atom stereocenters. The number of alkyl halides is 3. The molecule has 2 nitrogen and oxygen atoms in total. The van der Waals surface area contributed by atoms with Gasteiger partial charge >= 0.3 is 11.3 Å². The normalized spacial score (nSPS) is 10.6.